The molecule has 0 aromatic heterocycles. The smallest absolute Gasteiger partial charge is 0.266 e. The molecule has 0 saturated heterocycles. The summed E-state index contributed by atoms with van der Waals surface area (Å²) in [5.74, 6) is 0.631. The average molecular weight is 505 g/mol. The molecule has 0 fully saturated rings. The highest BCUT2D eigenvalue weighted by atomic mass is 79.9. The van der Waals surface area contributed by atoms with Gasteiger partial charge >= 0.3 is 0 Å². The highest BCUT2D eigenvalue weighted by Crippen LogP contribution is 2.38. The molecule has 5 nitrogen and oxygen atoms in total. The van der Waals surface area contributed by atoms with E-state index in [0.717, 1.165) is 16.7 Å². The first-order chi connectivity index (χ1) is 15.9. The predicted molar refractivity (Wildman–Crippen MR) is 134 cm³/mol. The minimum absolute atomic E-state index is 0.00930. The molecule has 0 aliphatic carbocycles. The van der Waals surface area contributed by atoms with Crippen molar-refractivity contribution >= 4 is 33.6 Å². The van der Waals surface area contributed by atoms with E-state index >= 15 is 0 Å². The molecule has 1 N–H and O–H groups in total. The van der Waals surface area contributed by atoms with Gasteiger partial charge in [0.2, 0.25) is 0 Å². The van der Waals surface area contributed by atoms with Crippen molar-refractivity contribution in [1.82, 2.24) is 0 Å². The molecular formula is C27H25BrN2O3. The first-order valence-electron chi connectivity index (χ1n) is 10.5. The second-order valence-electron chi connectivity index (χ2n) is 7.43. The molecule has 3 aromatic carbocycles. The fraction of sp³-hybridized carbons (Fsp3) is 0.185. The van der Waals surface area contributed by atoms with Gasteiger partial charge < -0.3 is 14.8 Å². The van der Waals surface area contributed by atoms with Crippen molar-refractivity contribution in [2.45, 2.75) is 27.4 Å². The van der Waals surface area contributed by atoms with E-state index in [1.807, 2.05) is 75.4 Å². The number of amides is 1. The van der Waals surface area contributed by atoms with Gasteiger partial charge in [-0.05, 0) is 77.2 Å². The maximum atomic E-state index is 12.8. The number of rotatable bonds is 8. The third-order valence-electron chi connectivity index (χ3n) is 4.95. The number of carbonyl (C=O) groups excluding carboxylic acids is 1. The lowest BCUT2D eigenvalue weighted by molar-refractivity contribution is -0.112. The summed E-state index contributed by atoms with van der Waals surface area (Å²) >= 11 is 3.55. The van der Waals surface area contributed by atoms with Gasteiger partial charge in [0.1, 0.15) is 18.2 Å². The van der Waals surface area contributed by atoms with Gasteiger partial charge in [-0.15, -0.1) is 0 Å². The number of anilines is 1. The van der Waals surface area contributed by atoms with Gasteiger partial charge in [0.25, 0.3) is 5.91 Å². The first kappa shape index (κ1) is 24.1. The van der Waals surface area contributed by atoms with E-state index in [-0.39, 0.29) is 5.57 Å². The summed E-state index contributed by atoms with van der Waals surface area (Å²) in [6.07, 6.45) is 1.54. The van der Waals surface area contributed by atoms with E-state index in [0.29, 0.717) is 40.4 Å². The summed E-state index contributed by atoms with van der Waals surface area (Å²) < 4.78 is 12.5. The molecule has 0 aliphatic heterocycles. The maximum Gasteiger partial charge on any atom is 0.266 e. The summed E-state index contributed by atoms with van der Waals surface area (Å²) in [6.45, 7) is 6.54. The minimum Gasteiger partial charge on any atom is -0.490 e. The topological polar surface area (TPSA) is 71.3 Å². The summed E-state index contributed by atoms with van der Waals surface area (Å²) in [5, 5.41) is 12.5. The second kappa shape index (κ2) is 11.3. The van der Waals surface area contributed by atoms with Crippen molar-refractivity contribution in [3.8, 4) is 17.6 Å². The van der Waals surface area contributed by atoms with Crippen LogP contribution in [0.25, 0.3) is 6.08 Å². The molecule has 0 atom stereocenters. The molecule has 3 rings (SSSR count). The van der Waals surface area contributed by atoms with Crippen LogP contribution in [0.2, 0.25) is 0 Å². The number of carbonyl (C=O) groups is 1. The van der Waals surface area contributed by atoms with Crippen LogP contribution in [0.1, 0.15) is 29.2 Å². The van der Waals surface area contributed by atoms with Gasteiger partial charge in [0.15, 0.2) is 11.5 Å². The predicted octanol–water partition coefficient (Wildman–Crippen LogP) is 6.59. The van der Waals surface area contributed by atoms with E-state index < -0.39 is 5.91 Å². The van der Waals surface area contributed by atoms with Gasteiger partial charge in [-0.2, -0.15) is 5.26 Å². The third kappa shape index (κ3) is 6.24. The van der Waals surface area contributed by atoms with Crippen molar-refractivity contribution in [2.75, 3.05) is 11.9 Å². The lowest BCUT2D eigenvalue weighted by Crippen LogP contribution is -2.15. The van der Waals surface area contributed by atoms with Crippen LogP contribution in [0.3, 0.4) is 0 Å². The standard InChI is InChI=1S/C27H25BrN2O3/c1-4-32-24-15-21(14-23(28)26(24)33-17-20-11-6-5-7-12-20)13-22(16-29)27(31)30-25-18(2)9-8-10-19(25)3/h5-15H,4,17H2,1-3H3,(H,30,31)/b22-13-. The Labute approximate surface area is 202 Å². The van der Waals surface area contributed by atoms with Crippen LogP contribution in [-0.2, 0) is 11.4 Å². The molecule has 0 radical (unpaired) electrons. The van der Waals surface area contributed by atoms with Gasteiger partial charge in [0.05, 0.1) is 11.1 Å². The molecule has 168 valence electrons. The number of aryl methyl sites for hydroxylation is 2. The molecule has 0 aliphatic rings. The van der Waals surface area contributed by atoms with Crippen molar-refractivity contribution in [1.29, 1.82) is 5.26 Å². The van der Waals surface area contributed by atoms with Crippen molar-refractivity contribution < 1.29 is 14.3 Å². The van der Waals surface area contributed by atoms with Gasteiger partial charge in [-0.3, -0.25) is 4.79 Å². The normalized spacial score (nSPS) is 10.9. The largest absolute Gasteiger partial charge is 0.490 e. The number of hydrogen-bond acceptors (Lipinski definition) is 4. The molecule has 0 unspecified atom stereocenters. The summed E-state index contributed by atoms with van der Waals surface area (Å²) in [4.78, 5) is 12.8. The Kier molecular flexibility index (Phi) is 8.28. The molecule has 1 amide bonds. The Hall–Kier alpha value is -3.56. The Bertz CT molecular complexity index is 1190. The van der Waals surface area contributed by atoms with Crippen molar-refractivity contribution in [3.63, 3.8) is 0 Å². The SMILES string of the molecule is CCOc1cc(/C=C(/C#N)C(=O)Nc2c(C)cccc2C)cc(Br)c1OCc1ccccc1. The molecule has 0 bridgehead atoms. The Morgan fingerprint density at radius 2 is 1.76 bits per heavy atom. The molecule has 6 heteroatoms. The fourth-order valence-electron chi connectivity index (χ4n) is 3.31. The molecule has 3 aromatic rings. The Morgan fingerprint density at radius 3 is 2.39 bits per heavy atom. The van der Waals surface area contributed by atoms with E-state index in [2.05, 4.69) is 21.2 Å². The second-order valence-corrected chi connectivity index (χ2v) is 8.28. The number of para-hydroxylation sites is 1. The number of halogens is 1. The zero-order valence-corrected chi connectivity index (χ0v) is 20.4. The number of hydrogen-bond donors (Lipinski definition) is 1. The lowest BCUT2D eigenvalue weighted by atomic mass is 10.1. The number of benzene rings is 3. The van der Waals surface area contributed by atoms with E-state index in [1.165, 1.54) is 6.08 Å². The zero-order chi connectivity index (χ0) is 23.8. The summed E-state index contributed by atoms with van der Waals surface area (Å²) in [6, 6.07) is 21.2. The zero-order valence-electron chi connectivity index (χ0n) is 18.8. The van der Waals surface area contributed by atoms with Crippen LogP contribution in [0.4, 0.5) is 5.69 Å². The summed E-state index contributed by atoms with van der Waals surface area (Å²) in [5.41, 5.74) is 4.25. The van der Waals surface area contributed by atoms with Crippen LogP contribution in [0.15, 0.2) is 70.7 Å². The van der Waals surface area contributed by atoms with Crippen LogP contribution < -0.4 is 14.8 Å². The van der Waals surface area contributed by atoms with E-state index in [1.54, 1.807) is 12.1 Å². The van der Waals surface area contributed by atoms with Gasteiger partial charge in [0, 0.05) is 5.69 Å². The molecule has 0 saturated carbocycles. The number of nitriles is 1. The molecule has 0 spiro atoms. The summed E-state index contributed by atoms with van der Waals surface area (Å²) in [7, 11) is 0. The van der Waals surface area contributed by atoms with Gasteiger partial charge in [-0.25, -0.2) is 0 Å². The molecular weight excluding hydrogens is 480 g/mol. The lowest BCUT2D eigenvalue weighted by Gasteiger charge is -2.15. The van der Waals surface area contributed by atoms with Crippen LogP contribution >= 0.6 is 15.9 Å². The molecule has 33 heavy (non-hydrogen) atoms. The van der Waals surface area contributed by atoms with E-state index in [4.69, 9.17) is 9.47 Å². The first-order valence-corrected chi connectivity index (χ1v) is 11.3. The highest BCUT2D eigenvalue weighted by Gasteiger charge is 2.16. The fourth-order valence-corrected chi connectivity index (χ4v) is 3.89. The molecule has 0 heterocycles. The third-order valence-corrected chi connectivity index (χ3v) is 5.54. The van der Waals surface area contributed by atoms with Crippen LogP contribution in [-0.4, -0.2) is 12.5 Å². The van der Waals surface area contributed by atoms with Crippen molar-refractivity contribution in [3.05, 3.63) is 93.0 Å². The van der Waals surface area contributed by atoms with E-state index in [9.17, 15) is 10.1 Å². The van der Waals surface area contributed by atoms with Crippen LogP contribution in [0, 0.1) is 25.2 Å². The van der Waals surface area contributed by atoms with Gasteiger partial charge in [-0.1, -0.05) is 48.5 Å². The number of ether oxygens (including phenoxy) is 2. The Morgan fingerprint density at radius 1 is 1.06 bits per heavy atom. The van der Waals surface area contributed by atoms with Crippen LogP contribution in [0.5, 0.6) is 11.5 Å². The van der Waals surface area contributed by atoms with Crippen molar-refractivity contribution in [2.24, 2.45) is 0 Å². The monoisotopic (exact) mass is 504 g/mol. The average Bonchev–Trinajstić information content (AvgIpc) is 2.80. The number of nitrogens with one attached hydrogen (secondary N) is 1. The highest BCUT2D eigenvalue weighted by molar-refractivity contribution is 9.10. The minimum atomic E-state index is -0.464. The number of nitrogens with zero attached hydrogens (tertiary/aromatic N) is 1. The quantitative estimate of drug-likeness (QED) is 0.277. The Balaban J connectivity index is 1.87. The maximum absolute atomic E-state index is 12.8.